The standard InChI is InChI=1S/C11H16O3/c1-8-2-4-9(5-3-8)11(14)10(13)6-7-12/h2-5,10-14H,6-7H2,1H3. The number of aryl methyl sites for hydroxylation is 1. The van der Waals surface area contributed by atoms with Gasteiger partial charge in [0.05, 0.1) is 6.10 Å². The number of benzene rings is 1. The van der Waals surface area contributed by atoms with Gasteiger partial charge in [-0.1, -0.05) is 29.8 Å². The molecule has 3 N–H and O–H groups in total. The number of hydrogen-bond donors (Lipinski definition) is 3. The fourth-order valence-electron chi connectivity index (χ4n) is 1.28. The van der Waals surface area contributed by atoms with Crippen molar-refractivity contribution in [3.05, 3.63) is 35.4 Å². The molecule has 0 saturated heterocycles. The van der Waals surface area contributed by atoms with E-state index >= 15 is 0 Å². The van der Waals surface area contributed by atoms with Gasteiger partial charge in [0.2, 0.25) is 0 Å². The van der Waals surface area contributed by atoms with E-state index in [1.54, 1.807) is 12.1 Å². The summed E-state index contributed by atoms with van der Waals surface area (Å²) in [5.74, 6) is 0. The summed E-state index contributed by atoms with van der Waals surface area (Å²) >= 11 is 0. The van der Waals surface area contributed by atoms with Crippen molar-refractivity contribution >= 4 is 0 Å². The number of hydrogen-bond acceptors (Lipinski definition) is 3. The van der Waals surface area contributed by atoms with Gasteiger partial charge >= 0.3 is 0 Å². The van der Waals surface area contributed by atoms with Crippen molar-refractivity contribution in [1.82, 2.24) is 0 Å². The van der Waals surface area contributed by atoms with Crippen LogP contribution < -0.4 is 0 Å². The highest BCUT2D eigenvalue weighted by molar-refractivity contribution is 5.23. The summed E-state index contributed by atoms with van der Waals surface area (Å²) in [7, 11) is 0. The van der Waals surface area contributed by atoms with Gasteiger partial charge in [-0.25, -0.2) is 0 Å². The topological polar surface area (TPSA) is 60.7 Å². The minimum atomic E-state index is -0.914. The smallest absolute Gasteiger partial charge is 0.105 e. The molecule has 0 aliphatic rings. The Morgan fingerprint density at radius 1 is 1.14 bits per heavy atom. The molecule has 0 heterocycles. The summed E-state index contributed by atoms with van der Waals surface area (Å²) in [5, 5.41) is 27.7. The molecule has 0 radical (unpaired) electrons. The fourth-order valence-corrected chi connectivity index (χ4v) is 1.28. The molecule has 14 heavy (non-hydrogen) atoms. The van der Waals surface area contributed by atoms with E-state index in [1.807, 2.05) is 19.1 Å². The van der Waals surface area contributed by atoms with Gasteiger partial charge in [-0.15, -0.1) is 0 Å². The molecule has 0 aliphatic carbocycles. The van der Waals surface area contributed by atoms with Crippen molar-refractivity contribution in [2.24, 2.45) is 0 Å². The molecule has 0 amide bonds. The minimum Gasteiger partial charge on any atom is -0.396 e. The number of aliphatic hydroxyl groups is 3. The van der Waals surface area contributed by atoms with E-state index in [-0.39, 0.29) is 13.0 Å². The van der Waals surface area contributed by atoms with Gasteiger partial charge in [-0.05, 0) is 18.9 Å². The largest absolute Gasteiger partial charge is 0.396 e. The van der Waals surface area contributed by atoms with Crippen LogP contribution in [-0.4, -0.2) is 28.0 Å². The minimum absolute atomic E-state index is 0.121. The molecule has 0 spiro atoms. The summed E-state index contributed by atoms with van der Waals surface area (Å²) in [5.41, 5.74) is 1.79. The Hall–Kier alpha value is -0.900. The van der Waals surface area contributed by atoms with Gasteiger partial charge in [0.1, 0.15) is 6.10 Å². The summed E-state index contributed by atoms with van der Waals surface area (Å²) in [4.78, 5) is 0. The van der Waals surface area contributed by atoms with E-state index in [0.717, 1.165) is 5.56 Å². The van der Waals surface area contributed by atoms with E-state index in [0.29, 0.717) is 5.56 Å². The van der Waals surface area contributed by atoms with Crippen LogP contribution in [0.3, 0.4) is 0 Å². The van der Waals surface area contributed by atoms with Gasteiger partial charge in [0, 0.05) is 6.61 Å². The van der Waals surface area contributed by atoms with Crippen molar-refractivity contribution < 1.29 is 15.3 Å². The molecule has 2 unspecified atom stereocenters. The monoisotopic (exact) mass is 196 g/mol. The van der Waals surface area contributed by atoms with Crippen LogP contribution in [0.1, 0.15) is 23.7 Å². The second-order valence-electron chi connectivity index (χ2n) is 3.44. The Morgan fingerprint density at radius 3 is 2.21 bits per heavy atom. The maximum atomic E-state index is 9.65. The Morgan fingerprint density at radius 2 is 1.71 bits per heavy atom. The van der Waals surface area contributed by atoms with Gasteiger partial charge < -0.3 is 15.3 Å². The van der Waals surface area contributed by atoms with Crippen LogP contribution in [0.25, 0.3) is 0 Å². The van der Waals surface area contributed by atoms with Crippen molar-refractivity contribution in [1.29, 1.82) is 0 Å². The Bertz CT molecular complexity index is 268. The summed E-state index contributed by atoms with van der Waals surface area (Å²) in [6.45, 7) is 1.84. The highest BCUT2D eigenvalue weighted by atomic mass is 16.3. The summed E-state index contributed by atoms with van der Waals surface area (Å²) < 4.78 is 0. The Labute approximate surface area is 83.6 Å². The van der Waals surface area contributed by atoms with E-state index in [4.69, 9.17) is 5.11 Å². The average Bonchev–Trinajstić information content (AvgIpc) is 2.18. The molecule has 0 bridgehead atoms. The first-order chi connectivity index (χ1) is 6.65. The third-order valence-electron chi connectivity index (χ3n) is 2.21. The zero-order valence-electron chi connectivity index (χ0n) is 8.22. The molecule has 0 aromatic heterocycles. The second-order valence-corrected chi connectivity index (χ2v) is 3.44. The third-order valence-corrected chi connectivity index (χ3v) is 2.21. The molecule has 0 saturated carbocycles. The molecular formula is C11H16O3. The number of rotatable bonds is 4. The predicted molar refractivity (Wildman–Crippen MR) is 53.8 cm³/mol. The maximum Gasteiger partial charge on any atom is 0.105 e. The normalized spacial score (nSPS) is 15.1. The molecule has 3 heteroatoms. The number of aliphatic hydroxyl groups excluding tert-OH is 3. The van der Waals surface area contributed by atoms with E-state index in [1.165, 1.54) is 0 Å². The van der Waals surface area contributed by atoms with Gasteiger partial charge in [0.15, 0.2) is 0 Å². The van der Waals surface area contributed by atoms with Crippen LogP contribution in [0.4, 0.5) is 0 Å². The maximum absolute atomic E-state index is 9.65. The lowest BCUT2D eigenvalue weighted by molar-refractivity contribution is 0.00421. The summed E-state index contributed by atoms with van der Waals surface area (Å²) in [6, 6.07) is 7.32. The average molecular weight is 196 g/mol. The molecule has 2 atom stereocenters. The Balaban J connectivity index is 2.68. The van der Waals surface area contributed by atoms with Crippen LogP contribution >= 0.6 is 0 Å². The lowest BCUT2D eigenvalue weighted by Crippen LogP contribution is -2.19. The fraction of sp³-hybridized carbons (Fsp3) is 0.455. The SMILES string of the molecule is Cc1ccc(C(O)C(O)CCO)cc1. The molecule has 78 valence electrons. The quantitative estimate of drug-likeness (QED) is 0.666. The van der Waals surface area contributed by atoms with Gasteiger partial charge in [0.25, 0.3) is 0 Å². The van der Waals surface area contributed by atoms with Crippen LogP contribution in [0.5, 0.6) is 0 Å². The molecule has 0 aliphatic heterocycles. The van der Waals surface area contributed by atoms with Crippen LogP contribution in [0.2, 0.25) is 0 Å². The highest BCUT2D eigenvalue weighted by Crippen LogP contribution is 2.18. The van der Waals surface area contributed by atoms with E-state index in [9.17, 15) is 10.2 Å². The van der Waals surface area contributed by atoms with Crippen molar-refractivity contribution in [3.63, 3.8) is 0 Å². The molecule has 1 rings (SSSR count). The predicted octanol–water partition coefficient (Wildman–Crippen LogP) is 0.772. The first kappa shape index (κ1) is 11.2. The second kappa shape index (κ2) is 5.10. The zero-order chi connectivity index (χ0) is 10.6. The van der Waals surface area contributed by atoms with Crippen LogP contribution in [0.15, 0.2) is 24.3 Å². The molecule has 1 aromatic rings. The molecule has 1 aromatic carbocycles. The molecule has 3 nitrogen and oxygen atoms in total. The molecular weight excluding hydrogens is 180 g/mol. The summed E-state index contributed by atoms with van der Waals surface area (Å²) in [6.07, 6.45) is -1.62. The van der Waals surface area contributed by atoms with Gasteiger partial charge in [-0.3, -0.25) is 0 Å². The zero-order valence-corrected chi connectivity index (χ0v) is 8.22. The van der Waals surface area contributed by atoms with E-state index < -0.39 is 12.2 Å². The van der Waals surface area contributed by atoms with Crippen LogP contribution in [-0.2, 0) is 0 Å². The van der Waals surface area contributed by atoms with Crippen molar-refractivity contribution in [2.75, 3.05) is 6.61 Å². The lowest BCUT2D eigenvalue weighted by Gasteiger charge is -2.17. The molecule has 0 fully saturated rings. The van der Waals surface area contributed by atoms with Crippen molar-refractivity contribution in [3.8, 4) is 0 Å². The third kappa shape index (κ3) is 2.80. The van der Waals surface area contributed by atoms with Crippen LogP contribution in [0, 0.1) is 6.92 Å². The van der Waals surface area contributed by atoms with Crippen molar-refractivity contribution in [2.45, 2.75) is 25.6 Å². The van der Waals surface area contributed by atoms with E-state index in [2.05, 4.69) is 0 Å². The first-order valence-corrected chi connectivity index (χ1v) is 4.68. The lowest BCUT2D eigenvalue weighted by atomic mass is 10.0. The Kier molecular flexibility index (Phi) is 4.07. The highest BCUT2D eigenvalue weighted by Gasteiger charge is 2.17. The first-order valence-electron chi connectivity index (χ1n) is 4.68. The van der Waals surface area contributed by atoms with Gasteiger partial charge in [-0.2, -0.15) is 0 Å².